The first-order chi connectivity index (χ1) is 12.3. The molecule has 3 rings (SSSR count). The number of nitrogens with zero attached hydrogens (tertiary/aromatic N) is 2. The number of carbonyl (C=O) groups excluding carboxylic acids is 1. The van der Waals surface area contributed by atoms with Crippen molar-refractivity contribution in [1.82, 2.24) is 9.55 Å². The summed E-state index contributed by atoms with van der Waals surface area (Å²) in [5.74, 6) is -0.224. The van der Waals surface area contributed by atoms with Gasteiger partial charge in [0.15, 0.2) is 0 Å². The molecular weight excluding hydrogens is 398 g/mol. The van der Waals surface area contributed by atoms with Gasteiger partial charge in [0.05, 0.1) is 10.9 Å². The van der Waals surface area contributed by atoms with Crippen molar-refractivity contribution in [3.8, 4) is 0 Å². The van der Waals surface area contributed by atoms with E-state index >= 15 is 0 Å². The lowest BCUT2D eigenvalue weighted by Gasteiger charge is -2.20. The maximum Gasteiger partial charge on any atom is 0.328 e. The van der Waals surface area contributed by atoms with Crippen molar-refractivity contribution >= 4 is 38.4 Å². The molecule has 0 radical (unpaired) electrons. The number of aromatic nitrogens is 2. The molecule has 2 aromatic carbocycles. The van der Waals surface area contributed by atoms with Crippen LogP contribution in [0.15, 0.2) is 50.5 Å². The number of rotatable bonds is 3. The third kappa shape index (κ3) is 3.10. The van der Waals surface area contributed by atoms with Crippen LogP contribution in [0.5, 0.6) is 0 Å². The Bertz CT molecular complexity index is 1130. The predicted molar refractivity (Wildman–Crippen MR) is 106 cm³/mol. The molecule has 0 unspecified atom stereocenters. The topological polar surface area (TPSA) is 75.2 Å². The van der Waals surface area contributed by atoms with Crippen LogP contribution in [0.25, 0.3) is 10.9 Å². The predicted octanol–water partition coefficient (Wildman–Crippen LogP) is 3.06. The highest BCUT2D eigenvalue weighted by Gasteiger charge is 2.17. The molecule has 26 heavy (non-hydrogen) atoms. The van der Waals surface area contributed by atoms with Gasteiger partial charge in [-0.05, 0) is 55.8 Å². The lowest BCUT2D eigenvalue weighted by molar-refractivity contribution is 0.0993. The van der Waals surface area contributed by atoms with Gasteiger partial charge in [-0.1, -0.05) is 15.9 Å². The fraction of sp³-hybridized carbons (Fsp3) is 0.211. The molecule has 0 aliphatic carbocycles. The number of hydrogen-bond donors (Lipinski definition) is 1. The number of H-pyrrole nitrogens is 1. The Morgan fingerprint density at radius 2 is 1.92 bits per heavy atom. The molecule has 1 heterocycles. The molecule has 0 saturated heterocycles. The summed E-state index contributed by atoms with van der Waals surface area (Å²) in [5.41, 5.74) is 1.65. The van der Waals surface area contributed by atoms with Crippen LogP contribution in [-0.4, -0.2) is 22.5 Å². The fourth-order valence-electron chi connectivity index (χ4n) is 2.97. The van der Waals surface area contributed by atoms with Gasteiger partial charge >= 0.3 is 5.69 Å². The SMILES string of the molecule is CCn1c(=O)[nH]c2cc(C(=O)N(C)c3ccc(Br)cc3C)ccc2c1=O. The van der Waals surface area contributed by atoms with E-state index in [0.717, 1.165) is 20.3 Å². The third-order valence-electron chi connectivity index (χ3n) is 4.37. The Hall–Kier alpha value is -2.67. The van der Waals surface area contributed by atoms with Gasteiger partial charge in [0.25, 0.3) is 11.5 Å². The van der Waals surface area contributed by atoms with E-state index in [1.54, 1.807) is 37.1 Å². The molecule has 134 valence electrons. The molecule has 0 aliphatic heterocycles. The average Bonchev–Trinajstić information content (AvgIpc) is 2.60. The molecular formula is C19H18BrN3O3. The highest BCUT2D eigenvalue weighted by Crippen LogP contribution is 2.24. The van der Waals surface area contributed by atoms with Crippen molar-refractivity contribution in [2.75, 3.05) is 11.9 Å². The number of anilines is 1. The zero-order chi connectivity index (χ0) is 19.0. The molecule has 0 aliphatic rings. The largest absolute Gasteiger partial charge is 0.328 e. The fourth-order valence-corrected chi connectivity index (χ4v) is 3.45. The number of benzene rings is 2. The van der Waals surface area contributed by atoms with Crippen molar-refractivity contribution < 1.29 is 4.79 Å². The second kappa shape index (κ2) is 6.92. The maximum absolute atomic E-state index is 12.9. The second-order valence-electron chi connectivity index (χ2n) is 6.03. The first-order valence-electron chi connectivity index (χ1n) is 8.14. The molecule has 1 N–H and O–H groups in total. The van der Waals surface area contributed by atoms with Crippen LogP contribution in [0.2, 0.25) is 0 Å². The van der Waals surface area contributed by atoms with Gasteiger partial charge in [0.1, 0.15) is 0 Å². The summed E-state index contributed by atoms with van der Waals surface area (Å²) in [6, 6.07) is 10.4. The summed E-state index contributed by atoms with van der Waals surface area (Å²) >= 11 is 3.41. The van der Waals surface area contributed by atoms with Crippen LogP contribution in [-0.2, 0) is 6.54 Å². The summed E-state index contributed by atoms with van der Waals surface area (Å²) in [4.78, 5) is 41.4. The van der Waals surface area contributed by atoms with E-state index in [4.69, 9.17) is 0 Å². The van der Waals surface area contributed by atoms with Gasteiger partial charge in [0.2, 0.25) is 0 Å². The van der Waals surface area contributed by atoms with Crippen LogP contribution in [0.4, 0.5) is 5.69 Å². The van der Waals surface area contributed by atoms with Crippen LogP contribution in [0.1, 0.15) is 22.8 Å². The first-order valence-corrected chi connectivity index (χ1v) is 8.94. The van der Waals surface area contributed by atoms with E-state index in [9.17, 15) is 14.4 Å². The highest BCUT2D eigenvalue weighted by atomic mass is 79.9. The molecule has 0 bridgehead atoms. The first kappa shape index (κ1) is 18.1. The summed E-state index contributed by atoms with van der Waals surface area (Å²) in [6.45, 7) is 3.95. The van der Waals surface area contributed by atoms with E-state index in [2.05, 4.69) is 20.9 Å². The molecule has 0 atom stereocenters. The summed E-state index contributed by atoms with van der Waals surface area (Å²) in [5, 5.41) is 0.380. The Labute approximate surface area is 158 Å². The Morgan fingerprint density at radius 3 is 2.58 bits per heavy atom. The number of halogens is 1. The summed E-state index contributed by atoms with van der Waals surface area (Å²) < 4.78 is 2.07. The standard InChI is InChI=1S/C19H18BrN3O3/c1-4-23-18(25)14-7-5-12(10-15(14)21-19(23)26)17(24)22(3)16-8-6-13(20)9-11(16)2/h5-10H,4H2,1-3H3,(H,21,26). The summed E-state index contributed by atoms with van der Waals surface area (Å²) in [6.07, 6.45) is 0. The monoisotopic (exact) mass is 415 g/mol. The van der Waals surface area contributed by atoms with E-state index in [-0.39, 0.29) is 18.0 Å². The van der Waals surface area contributed by atoms with Crippen LogP contribution in [0.3, 0.4) is 0 Å². The third-order valence-corrected chi connectivity index (χ3v) is 4.86. The lowest BCUT2D eigenvalue weighted by Crippen LogP contribution is -2.34. The van der Waals surface area contributed by atoms with Crippen LogP contribution < -0.4 is 16.1 Å². The molecule has 0 spiro atoms. The van der Waals surface area contributed by atoms with Gasteiger partial charge in [0, 0.05) is 29.3 Å². The van der Waals surface area contributed by atoms with Crippen LogP contribution in [0, 0.1) is 6.92 Å². The van der Waals surface area contributed by atoms with Crippen molar-refractivity contribution in [2.24, 2.45) is 0 Å². The summed E-state index contributed by atoms with van der Waals surface area (Å²) in [7, 11) is 1.70. The van der Waals surface area contributed by atoms with Crippen LogP contribution >= 0.6 is 15.9 Å². The zero-order valence-electron chi connectivity index (χ0n) is 14.7. The molecule has 7 heteroatoms. The van der Waals surface area contributed by atoms with Crippen molar-refractivity contribution in [1.29, 1.82) is 0 Å². The minimum absolute atomic E-state index is 0.224. The second-order valence-corrected chi connectivity index (χ2v) is 6.95. The van der Waals surface area contributed by atoms with Gasteiger partial charge in [-0.2, -0.15) is 0 Å². The molecule has 6 nitrogen and oxygen atoms in total. The number of hydrogen-bond acceptors (Lipinski definition) is 3. The van der Waals surface area contributed by atoms with E-state index in [1.807, 2.05) is 25.1 Å². The minimum Gasteiger partial charge on any atom is -0.311 e. The van der Waals surface area contributed by atoms with Crippen molar-refractivity contribution in [3.63, 3.8) is 0 Å². The quantitative estimate of drug-likeness (QED) is 0.713. The lowest BCUT2D eigenvalue weighted by atomic mass is 10.1. The number of aromatic amines is 1. The molecule has 0 saturated carbocycles. The smallest absolute Gasteiger partial charge is 0.311 e. The van der Waals surface area contributed by atoms with E-state index in [1.165, 1.54) is 0 Å². The van der Waals surface area contributed by atoms with Gasteiger partial charge in [-0.25, -0.2) is 4.79 Å². The van der Waals surface area contributed by atoms with Crippen molar-refractivity contribution in [3.05, 3.63) is 72.8 Å². The Balaban J connectivity index is 2.06. The number of nitrogens with one attached hydrogen (secondary N) is 1. The number of aryl methyl sites for hydroxylation is 1. The Kier molecular flexibility index (Phi) is 4.82. The minimum atomic E-state index is -0.480. The van der Waals surface area contributed by atoms with E-state index < -0.39 is 5.69 Å². The van der Waals surface area contributed by atoms with Gasteiger partial charge in [-0.3, -0.25) is 14.2 Å². The Morgan fingerprint density at radius 1 is 1.19 bits per heavy atom. The van der Waals surface area contributed by atoms with Gasteiger partial charge in [-0.15, -0.1) is 0 Å². The number of fused-ring (bicyclic) bond motifs is 1. The van der Waals surface area contributed by atoms with Gasteiger partial charge < -0.3 is 9.88 Å². The molecule has 3 aromatic rings. The highest BCUT2D eigenvalue weighted by molar-refractivity contribution is 9.10. The number of amides is 1. The van der Waals surface area contributed by atoms with Crippen molar-refractivity contribution in [2.45, 2.75) is 20.4 Å². The number of carbonyl (C=O) groups is 1. The van der Waals surface area contributed by atoms with E-state index in [0.29, 0.717) is 16.5 Å². The maximum atomic E-state index is 12.9. The zero-order valence-corrected chi connectivity index (χ0v) is 16.3. The molecule has 0 fully saturated rings. The molecule has 1 aromatic heterocycles. The molecule has 1 amide bonds. The normalized spacial score (nSPS) is 10.9. The average molecular weight is 416 g/mol.